The van der Waals surface area contributed by atoms with Crippen LogP contribution in [-0.2, 0) is 29.6 Å². The second kappa shape index (κ2) is 8.49. The average molecular weight is 347 g/mol. The maximum Gasteiger partial charge on any atom is 0.233 e. The van der Waals surface area contributed by atoms with Gasteiger partial charge in [0.2, 0.25) is 11.8 Å². The summed E-state index contributed by atoms with van der Waals surface area (Å²) in [5.41, 5.74) is 6.20. The first-order chi connectivity index (χ1) is 11.5. The number of nitrogens with two attached hydrogens (primary N) is 1. The third-order valence-corrected chi connectivity index (χ3v) is 4.62. The standard InChI is InChI=1S/C16H21N5O2S/c1-11(15(23)18-10-12-6-4-3-5-7-12)24-16-20-19-14(21(16)2)9-8-13(17)22/h3-7,11H,8-10H2,1-2H3,(H2,17,22)(H,18,23)/t11-/m1/s1. The number of carbonyl (C=O) groups excluding carboxylic acids is 2. The second-order valence-corrected chi connectivity index (χ2v) is 6.70. The number of thioether (sulfide) groups is 1. The summed E-state index contributed by atoms with van der Waals surface area (Å²) in [5, 5.41) is 11.4. The zero-order chi connectivity index (χ0) is 17.5. The predicted molar refractivity (Wildman–Crippen MR) is 92.1 cm³/mol. The SMILES string of the molecule is C[C@@H](Sc1nnc(CCC(N)=O)n1C)C(=O)NCc1ccccc1. The van der Waals surface area contributed by atoms with Gasteiger partial charge in [0.05, 0.1) is 5.25 Å². The fourth-order valence-corrected chi connectivity index (χ4v) is 2.90. The van der Waals surface area contributed by atoms with Gasteiger partial charge in [0.1, 0.15) is 5.82 Å². The van der Waals surface area contributed by atoms with Crippen LogP contribution < -0.4 is 11.1 Å². The van der Waals surface area contributed by atoms with Crippen molar-refractivity contribution in [1.29, 1.82) is 0 Å². The Bertz CT molecular complexity index is 702. The molecule has 0 unspecified atom stereocenters. The van der Waals surface area contributed by atoms with Crippen LogP contribution in [0.25, 0.3) is 0 Å². The Labute approximate surface area is 145 Å². The van der Waals surface area contributed by atoms with E-state index in [0.29, 0.717) is 23.9 Å². The molecule has 0 saturated heterocycles. The van der Waals surface area contributed by atoms with Crippen molar-refractivity contribution in [3.63, 3.8) is 0 Å². The van der Waals surface area contributed by atoms with Crippen LogP contribution in [0.4, 0.5) is 0 Å². The number of aromatic nitrogens is 3. The summed E-state index contributed by atoms with van der Waals surface area (Å²) in [4.78, 5) is 23.1. The van der Waals surface area contributed by atoms with Crippen LogP contribution in [0.5, 0.6) is 0 Å². The van der Waals surface area contributed by atoms with Gasteiger partial charge in [-0.2, -0.15) is 0 Å². The van der Waals surface area contributed by atoms with Crippen molar-refractivity contribution in [1.82, 2.24) is 20.1 Å². The van der Waals surface area contributed by atoms with Crippen LogP contribution in [0, 0.1) is 0 Å². The zero-order valence-electron chi connectivity index (χ0n) is 13.7. The number of nitrogens with one attached hydrogen (secondary N) is 1. The Kier molecular flexibility index (Phi) is 6.36. The minimum Gasteiger partial charge on any atom is -0.370 e. The van der Waals surface area contributed by atoms with Gasteiger partial charge in [-0.25, -0.2) is 0 Å². The Morgan fingerprint density at radius 1 is 1.29 bits per heavy atom. The summed E-state index contributed by atoms with van der Waals surface area (Å²) < 4.78 is 1.79. The Morgan fingerprint density at radius 2 is 2.00 bits per heavy atom. The van der Waals surface area contributed by atoms with E-state index in [1.54, 1.807) is 4.57 Å². The van der Waals surface area contributed by atoms with E-state index in [4.69, 9.17) is 5.73 Å². The van der Waals surface area contributed by atoms with Crippen LogP contribution in [0.2, 0.25) is 0 Å². The Balaban J connectivity index is 1.88. The minimum absolute atomic E-state index is 0.0643. The molecule has 0 saturated carbocycles. The number of carbonyl (C=O) groups is 2. The molecule has 0 spiro atoms. The highest BCUT2D eigenvalue weighted by Crippen LogP contribution is 2.21. The molecule has 0 radical (unpaired) electrons. The minimum atomic E-state index is -0.374. The van der Waals surface area contributed by atoms with Crippen LogP contribution >= 0.6 is 11.8 Å². The lowest BCUT2D eigenvalue weighted by Gasteiger charge is -2.11. The number of nitrogens with zero attached hydrogens (tertiary/aromatic N) is 3. The van der Waals surface area contributed by atoms with Crippen molar-refractivity contribution in [2.24, 2.45) is 12.8 Å². The van der Waals surface area contributed by atoms with E-state index >= 15 is 0 Å². The van der Waals surface area contributed by atoms with E-state index in [1.807, 2.05) is 44.3 Å². The molecule has 1 aromatic carbocycles. The monoisotopic (exact) mass is 347 g/mol. The number of benzene rings is 1. The number of hydrogen-bond donors (Lipinski definition) is 2. The molecule has 1 aromatic heterocycles. The maximum atomic E-state index is 12.2. The maximum absolute atomic E-state index is 12.2. The number of hydrogen-bond acceptors (Lipinski definition) is 5. The molecular weight excluding hydrogens is 326 g/mol. The first kappa shape index (κ1) is 18.0. The number of rotatable bonds is 8. The molecule has 24 heavy (non-hydrogen) atoms. The number of aryl methyl sites for hydroxylation is 1. The van der Waals surface area contributed by atoms with Gasteiger partial charge in [0.25, 0.3) is 0 Å². The van der Waals surface area contributed by atoms with Gasteiger partial charge in [-0.3, -0.25) is 9.59 Å². The van der Waals surface area contributed by atoms with E-state index in [2.05, 4.69) is 15.5 Å². The van der Waals surface area contributed by atoms with Gasteiger partial charge >= 0.3 is 0 Å². The third kappa shape index (κ3) is 5.09. The lowest BCUT2D eigenvalue weighted by atomic mass is 10.2. The number of amides is 2. The molecule has 1 atom stereocenters. The molecule has 0 aliphatic rings. The quantitative estimate of drug-likeness (QED) is 0.694. The van der Waals surface area contributed by atoms with Crippen molar-refractivity contribution in [3.05, 3.63) is 41.7 Å². The molecule has 3 N–H and O–H groups in total. The Morgan fingerprint density at radius 3 is 2.67 bits per heavy atom. The Hall–Kier alpha value is -2.35. The van der Waals surface area contributed by atoms with Crippen molar-refractivity contribution in [3.8, 4) is 0 Å². The van der Waals surface area contributed by atoms with Gasteiger partial charge in [-0.15, -0.1) is 10.2 Å². The fraction of sp³-hybridized carbons (Fsp3) is 0.375. The van der Waals surface area contributed by atoms with Crippen molar-refractivity contribution >= 4 is 23.6 Å². The molecule has 128 valence electrons. The summed E-state index contributed by atoms with van der Waals surface area (Å²) in [6, 6.07) is 9.74. The van der Waals surface area contributed by atoms with Crippen molar-refractivity contribution in [2.75, 3.05) is 0 Å². The van der Waals surface area contributed by atoms with Gasteiger partial charge < -0.3 is 15.6 Å². The molecule has 2 rings (SSSR count). The topological polar surface area (TPSA) is 103 Å². The molecule has 8 heteroatoms. The molecule has 1 heterocycles. The van der Waals surface area contributed by atoms with Crippen LogP contribution in [-0.4, -0.2) is 31.8 Å². The third-order valence-electron chi connectivity index (χ3n) is 3.48. The highest BCUT2D eigenvalue weighted by molar-refractivity contribution is 8.00. The van der Waals surface area contributed by atoms with Crippen LogP contribution in [0.1, 0.15) is 24.7 Å². The van der Waals surface area contributed by atoms with Crippen LogP contribution in [0.15, 0.2) is 35.5 Å². The zero-order valence-corrected chi connectivity index (χ0v) is 14.5. The van der Waals surface area contributed by atoms with Crippen molar-refractivity contribution in [2.45, 2.75) is 36.7 Å². The smallest absolute Gasteiger partial charge is 0.233 e. The second-order valence-electron chi connectivity index (χ2n) is 5.39. The fourth-order valence-electron chi connectivity index (χ4n) is 2.04. The first-order valence-corrected chi connectivity index (χ1v) is 8.50. The van der Waals surface area contributed by atoms with E-state index in [1.165, 1.54) is 11.8 Å². The molecule has 0 aliphatic heterocycles. The predicted octanol–water partition coefficient (Wildman–Crippen LogP) is 1.03. The van der Waals surface area contributed by atoms with E-state index in [0.717, 1.165) is 5.56 Å². The lowest BCUT2D eigenvalue weighted by molar-refractivity contribution is -0.120. The molecule has 2 aromatic rings. The molecule has 0 fully saturated rings. The molecule has 7 nitrogen and oxygen atoms in total. The molecule has 0 aliphatic carbocycles. The van der Waals surface area contributed by atoms with E-state index in [9.17, 15) is 9.59 Å². The largest absolute Gasteiger partial charge is 0.370 e. The summed E-state index contributed by atoms with van der Waals surface area (Å²) in [6.45, 7) is 2.32. The summed E-state index contributed by atoms with van der Waals surface area (Å²) in [7, 11) is 1.81. The van der Waals surface area contributed by atoms with E-state index in [-0.39, 0.29) is 23.5 Å². The van der Waals surface area contributed by atoms with Gasteiger partial charge in [0.15, 0.2) is 5.16 Å². The first-order valence-electron chi connectivity index (χ1n) is 7.62. The summed E-state index contributed by atoms with van der Waals surface area (Å²) in [5.74, 6) is 0.236. The molecule has 2 amide bonds. The highest BCUT2D eigenvalue weighted by atomic mass is 32.2. The highest BCUT2D eigenvalue weighted by Gasteiger charge is 2.18. The molecular formula is C16H21N5O2S. The lowest BCUT2D eigenvalue weighted by Crippen LogP contribution is -2.30. The van der Waals surface area contributed by atoms with Gasteiger partial charge in [0, 0.05) is 26.4 Å². The van der Waals surface area contributed by atoms with Crippen molar-refractivity contribution < 1.29 is 9.59 Å². The normalized spacial score (nSPS) is 11.9. The van der Waals surface area contributed by atoms with Gasteiger partial charge in [-0.05, 0) is 12.5 Å². The van der Waals surface area contributed by atoms with E-state index < -0.39 is 0 Å². The van der Waals surface area contributed by atoms with Crippen LogP contribution in [0.3, 0.4) is 0 Å². The number of primary amides is 1. The molecule has 0 bridgehead atoms. The summed E-state index contributed by atoms with van der Waals surface area (Å²) in [6.07, 6.45) is 0.664. The average Bonchev–Trinajstić information content (AvgIpc) is 2.91. The summed E-state index contributed by atoms with van der Waals surface area (Å²) >= 11 is 1.33. The van der Waals surface area contributed by atoms with Gasteiger partial charge in [-0.1, -0.05) is 42.1 Å².